The number of nitrogens with zero attached hydrogens (tertiary/aromatic N) is 1. The average Bonchev–Trinajstić information content (AvgIpc) is 3.53. The van der Waals surface area contributed by atoms with Gasteiger partial charge in [-0.05, 0) is 24.8 Å². The van der Waals surface area contributed by atoms with Gasteiger partial charge in [-0.3, -0.25) is 19.0 Å². The van der Waals surface area contributed by atoms with E-state index in [1.807, 2.05) is 30.3 Å². The fourth-order valence-electron chi connectivity index (χ4n) is 4.84. The van der Waals surface area contributed by atoms with E-state index in [0.29, 0.717) is 38.5 Å². The van der Waals surface area contributed by atoms with Crippen molar-refractivity contribution in [2.24, 2.45) is 5.92 Å². The maximum absolute atomic E-state index is 13.7. The zero-order chi connectivity index (χ0) is 23.7. The Balaban J connectivity index is 0.00000289. The van der Waals surface area contributed by atoms with Crippen LogP contribution >= 0.6 is 23.7 Å². The summed E-state index contributed by atoms with van der Waals surface area (Å²) in [5, 5.41) is 4.20. The number of hydrogen-bond donors (Lipinski definition) is 1. The quantitative estimate of drug-likeness (QED) is 0.335. The van der Waals surface area contributed by atoms with Gasteiger partial charge in [-0.15, -0.1) is 23.7 Å². The summed E-state index contributed by atoms with van der Waals surface area (Å²) in [4.78, 5) is 40.2. The molecule has 2 heterocycles. The number of benzene rings is 2. The van der Waals surface area contributed by atoms with Gasteiger partial charge in [0, 0.05) is 17.5 Å². The molecule has 0 unspecified atom stereocenters. The number of fused-ring (bicyclic) bond motifs is 3. The van der Waals surface area contributed by atoms with Crippen LogP contribution in [0.5, 0.6) is 5.75 Å². The molecule has 1 saturated carbocycles. The molecule has 6 nitrogen and oxygen atoms in total. The number of ether oxygens (including phenoxy) is 1. The number of carbonyl (C=O) groups excluding carboxylic acids is 2. The number of para-hydroxylation sites is 1. The van der Waals surface area contributed by atoms with E-state index >= 15 is 0 Å². The third-order valence-electron chi connectivity index (χ3n) is 6.60. The topological polar surface area (TPSA) is 77.4 Å². The van der Waals surface area contributed by atoms with Crippen molar-refractivity contribution < 1.29 is 14.3 Å². The van der Waals surface area contributed by atoms with Gasteiger partial charge in [0.05, 0.1) is 23.9 Å². The molecule has 35 heavy (non-hydrogen) atoms. The summed E-state index contributed by atoms with van der Waals surface area (Å²) in [5.74, 6) is 0.406. The van der Waals surface area contributed by atoms with Gasteiger partial charge in [-0.2, -0.15) is 0 Å². The second-order valence-corrected chi connectivity index (χ2v) is 9.75. The number of thiophene rings is 1. The Kier molecular flexibility index (Phi) is 7.57. The number of aromatic nitrogens is 1. The summed E-state index contributed by atoms with van der Waals surface area (Å²) in [7, 11) is 1.48. The Labute approximate surface area is 213 Å². The van der Waals surface area contributed by atoms with Crippen LogP contribution in [0.25, 0.3) is 21.0 Å². The van der Waals surface area contributed by atoms with Gasteiger partial charge in [-0.1, -0.05) is 61.4 Å². The minimum Gasteiger partial charge on any atom is -0.494 e. The molecule has 1 aliphatic carbocycles. The molecule has 0 bridgehead atoms. The fourth-order valence-corrected chi connectivity index (χ4v) is 6.05. The van der Waals surface area contributed by atoms with Crippen molar-refractivity contribution in [1.29, 1.82) is 0 Å². The summed E-state index contributed by atoms with van der Waals surface area (Å²) in [6, 6.07) is 16.4. The van der Waals surface area contributed by atoms with Gasteiger partial charge in [0.15, 0.2) is 11.5 Å². The SMILES string of the molecule is COc1c(C(=O)NCC2CCCC2)sc2c1c(=O)n(CC(=O)c1ccccc1)c1ccccc21.Cl. The minimum absolute atomic E-state index is 0. The monoisotopic (exact) mass is 510 g/mol. The Morgan fingerprint density at radius 3 is 2.46 bits per heavy atom. The lowest BCUT2D eigenvalue weighted by Gasteiger charge is -2.12. The molecule has 0 aliphatic heterocycles. The molecule has 8 heteroatoms. The Hall–Kier alpha value is -3.16. The molecule has 1 amide bonds. The first kappa shape index (κ1) is 24.9. The molecule has 0 atom stereocenters. The van der Waals surface area contributed by atoms with Crippen LogP contribution in [0, 0.1) is 5.92 Å². The van der Waals surface area contributed by atoms with Crippen molar-refractivity contribution in [3.8, 4) is 5.75 Å². The minimum atomic E-state index is -0.332. The third-order valence-corrected chi connectivity index (χ3v) is 7.80. The number of halogens is 1. The zero-order valence-corrected chi connectivity index (χ0v) is 21.0. The summed E-state index contributed by atoms with van der Waals surface area (Å²) in [5.41, 5.74) is 0.870. The van der Waals surface area contributed by atoms with Crippen molar-refractivity contribution in [2.45, 2.75) is 32.2 Å². The number of pyridine rings is 1. The van der Waals surface area contributed by atoms with E-state index in [2.05, 4.69) is 5.32 Å². The Morgan fingerprint density at radius 2 is 1.74 bits per heavy atom. The van der Waals surface area contributed by atoms with Crippen molar-refractivity contribution in [1.82, 2.24) is 9.88 Å². The second kappa shape index (κ2) is 10.6. The molecule has 0 radical (unpaired) electrons. The van der Waals surface area contributed by atoms with E-state index in [1.54, 1.807) is 24.3 Å². The number of methoxy groups -OCH3 is 1. The molecule has 182 valence electrons. The van der Waals surface area contributed by atoms with Crippen LogP contribution in [-0.4, -0.2) is 29.9 Å². The van der Waals surface area contributed by atoms with Crippen LogP contribution < -0.4 is 15.6 Å². The number of amides is 1. The van der Waals surface area contributed by atoms with E-state index in [9.17, 15) is 14.4 Å². The second-order valence-electron chi connectivity index (χ2n) is 8.73. The predicted molar refractivity (Wildman–Crippen MR) is 142 cm³/mol. The highest BCUT2D eigenvalue weighted by Crippen LogP contribution is 2.39. The average molecular weight is 511 g/mol. The Morgan fingerprint density at radius 1 is 1.06 bits per heavy atom. The number of Topliss-reactive ketones (excluding diaryl/α,β-unsaturated/α-hetero) is 1. The van der Waals surface area contributed by atoms with E-state index in [-0.39, 0.29) is 42.0 Å². The number of nitrogens with one attached hydrogen (secondary N) is 1. The van der Waals surface area contributed by atoms with Gasteiger partial charge >= 0.3 is 0 Å². The van der Waals surface area contributed by atoms with E-state index in [1.165, 1.54) is 35.9 Å². The summed E-state index contributed by atoms with van der Waals surface area (Å²) in [6.45, 7) is 0.536. The Bertz CT molecular complexity index is 1440. The predicted octanol–water partition coefficient (Wildman–Crippen LogP) is 5.45. The molecular weight excluding hydrogens is 484 g/mol. The first-order valence-electron chi connectivity index (χ1n) is 11.6. The van der Waals surface area contributed by atoms with Crippen LogP contribution in [-0.2, 0) is 6.54 Å². The first-order chi connectivity index (χ1) is 16.6. The van der Waals surface area contributed by atoms with Crippen LogP contribution in [0.4, 0.5) is 0 Å². The van der Waals surface area contributed by atoms with Crippen LogP contribution in [0.15, 0.2) is 59.4 Å². The lowest BCUT2D eigenvalue weighted by atomic mass is 10.1. The maximum atomic E-state index is 13.7. The molecular formula is C27H27ClN2O4S. The van der Waals surface area contributed by atoms with Crippen molar-refractivity contribution in [3.05, 3.63) is 75.4 Å². The normalized spacial score (nSPS) is 13.6. The van der Waals surface area contributed by atoms with E-state index in [4.69, 9.17) is 4.74 Å². The van der Waals surface area contributed by atoms with Crippen molar-refractivity contribution in [2.75, 3.05) is 13.7 Å². The molecule has 4 aromatic rings. The number of ketones is 1. The molecule has 2 aromatic heterocycles. The fraction of sp³-hybridized carbons (Fsp3) is 0.296. The largest absolute Gasteiger partial charge is 0.494 e. The van der Waals surface area contributed by atoms with Gasteiger partial charge in [0.1, 0.15) is 10.3 Å². The van der Waals surface area contributed by atoms with Gasteiger partial charge in [0.2, 0.25) is 0 Å². The van der Waals surface area contributed by atoms with Crippen molar-refractivity contribution >= 4 is 56.4 Å². The summed E-state index contributed by atoms with van der Waals surface area (Å²) in [6.07, 6.45) is 4.68. The summed E-state index contributed by atoms with van der Waals surface area (Å²) < 4.78 is 7.81. The zero-order valence-electron chi connectivity index (χ0n) is 19.4. The summed E-state index contributed by atoms with van der Waals surface area (Å²) >= 11 is 1.27. The van der Waals surface area contributed by atoms with E-state index < -0.39 is 0 Å². The lowest BCUT2D eigenvalue weighted by Crippen LogP contribution is -2.28. The molecule has 0 spiro atoms. The molecule has 1 aliphatic rings. The van der Waals surface area contributed by atoms with E-state index in [0.717, 1.165) is 18.2 Å². The molecule has 5 rings (SSSR count). The third kappa shape index (κ3) is 4.70. The van der Waals surface area contributed by atoms with Gasteiger partial charge in [0.25, 0.3) is 11.5 Å². The van der Waals surface area contributed by atoms with Crippen LogP contribution in [0.2, 0.25) is 0 Å². The number of rotatable bonds is 7. The lowest BCUT2D eigenvalue weighted by molar-refractivity contribution is 0.0946. The van der Waals surface area contributed by atoms with Crippen LogP contribution in [0.1, 0.15) is 45.7 Å². The van der Waals surface area contributed by atoms with Crippen LogP contribution in [0.3, 0.4) is 0 Å². The molecule has 0 saturated heterocycles. The molecule has 1 N–H and O–H groups in total. The van der Waals surface area contributed by atoms with Gasteiger partial charge < -0.3 is 10.1 Å². The number of hydrogen-bond acceptors (Lipinski definition) is 5. The molecule has 1 fully saturated rings. The number of carbonyl (C=O) groups is 2. The maximum Gasteiger partial charge on any atom is 0.265 e. The first-order valence-corrected chi connectivity index (χ1v) is 12.4. The highest BCUT2D eigenvalue weighted by molar-refractivity contribution is 7.22. The molecule has 2 aromatic carbocycles. The van der Waals surface area contributed by atoms with Gasteiger partial charge in [-0.25, -0.2) is 0 Å². The standard InChI is InChI=1S/C27H26N2O4S.ClH/c1-33-23-22-24(34-25(23)26(31)28-15-17-9-5-6-10-17)19-13-7-8-14-20(19)29(27(22)32)16-21(30)18-11-3-2-4-12-18;/h2-4,7-8,11-14,17H,5-6,9-10,15-16H2,1H3,(H,28,31);1H. The smallest absolute Gasteiger partial charge is 0.265 e. The van der Waals surface area contributed by atoms with Crippen molar-refractivity contribution in [3.63, 3.8) is 0 Å². The highest BCUT2D eigenvalue weighted by atomic mass is 35.5. The highest BCUT2D eigenvalue weighted by Gasteiger charge is 2.26.